The zero-order valence-corrected chi connectivity index (χ0v) is 11.7. The van der Waals surface area contributed by atoms with Gasteiger partial charge in [-0.15, -0.1) is 11.3 Å². The molecule has 1 aliphatic heterocycles. The Bertz CT molecular complexity index is 600. The third kappa shape index (κ3) is 2.19. The molecule has 100 valence electrons. The monoisotopic (exact) mass is 276 g/mol. The molecule has 1 unspecified atom stereocenters. The highest BCUT2D eigenvalue weighted by molar-refractivity contribution is 7.13. The fourth-order valence-electron chi connectivity index (χ4n) is 2.14. The molecule has 3 heterocycles. The molecule has 0 saturated heterocycles. The van der Waals surface area contributed by atoms with Gasteiger partial charge in [0, 0.05) is 6.20 Å². The molecule has 2 aromatic heterocycles. The first-order chi connectivity index (χ1) is 9.16. The number of amides is 1. The van der Waals surface area contributed by atoms with Crippen molar-refractivity contribution in [2.24, 2.45) is 5.92 Å². The summed E-state index contributed by atoms with van der Waals surface area (Å²) in [6.45, 7) is 4.80. The number of fused-ring (bicyclic) bond motifs is 3. The summed E-state index contributed by atoms with van der Waals surface area (Å²) in [6.07, 6.45) is 1.58. The summed E-state index contributed by atoms with van der Waals surface area (Å²) >= 11 is 1.56. The van der Waals surface area contributed by atoms with Gasteiger partial charge in [-0.3, -0.25) is 4.79 Å². The molecule has 2 aromatic rings. The maximum Gasteiger partial charge on any atom is 0.256 e. The highest BCUT2D eigenvalue weighted by atomic mass is 32.1. The molecular weight excluding hydrogens is 260 g/mol. The Balaban J connectivity index is 1.99. The predicted octanol–water partition coefficient (Wildman–Crippen LogP) is 2.95. The van der Waals surface area contributed by atoms with Crippen molar-refractivity contribution < 1.29 is 9.53 Å². The van der Waals surface area contributed by atoms with Crippen molar-refractivity contribution in [3.63, 3.8) is 0 Å². The van der Waals surface area contributed by atoms with Gasteiger partial charge in [0.15, 0.2) is 6.23 Å². The number of aromatic nitrogens is 1. The summed E-state index contributed by atoms with van der Waals surface area (Å²) < 4.78 is 7.86. The van der Waals surface area contributed by atoms with Crippen molar-refractivity contribution in [1.29, 1.82) is 0 Å². The van der Waals surface area contributed by atoms with E-state index in [1.165, 1.54) is 0 Å². The van der Waals surface area contributed by atoms with Crippen molar-refractivity contribution in [2.75, 3.05) is 6.61 Å². The molecule has 19 heavy (non-hydrogen) atoms. The number of nitrogens with one attached hydrogen (secondary N) is 1. The molecule has 0 bridgehead atoms. The minimum absolute atomic E-state index is 0.0753. The van der Waals surface area contributed by atoms with Gasteiger partial charge in [-0.1, -0.05) is 13.8 Å². The van der Waals surface area contributed by atoms with E-state index in [0.29, 0.717) is 18.1 Å². The molecule has 0 spiro atoms. The maximum atomic E-state index is 12.2. The topological polar surface area (TPSA) is 43.3 Å². The first-order valence-electron chi connectivity index (χ1n) is 6.34. The summed E-state index contributed by atoms with van der Waals surface area (Å²) in [5.41, 5.74) is 1.67. The number of thiophene rings is 1. The van der Waals surface area contributed by atoms with Gasteiger partial charge in [-0.2, -0.15) is 0 Å². The van der Waals surface area contributed by atoms with Gasteiger partial charge in [0.05, 0.1) is 17.9 Å². The molecule has 0 fully saturated rings. The van der Waals surface area contributed by atoms with Gasteiger partial charge >= 0.3 is 0 Å². The quantitative estimate of drug-likeness (QED) is 0.936. The Morgan fingerprint density at radius 1 is 1.47 bits per heavy atom. The highest BCUT2D eigenvalue weighted by Crippen LogP contribution is 2.30. The lowest BCUT2D eigenvalue weighted by Crippen LogP contribution is -2.30. The summed E-state index contributed by atoms with van der Waals surface area (Å²) in [5, 5.41) is 5.83. The van der Waals surface area contributed by atoms with Gasteiger partial charge in [-0.25, -0.2) is 0 Å². The Kier molecular flexibility index (Phi) is 3.16. The Morgan fingerprint density at radius 3 is 3.11 bits per heavy atom. The van der Waals surface area contributed by atoms with Crippen molar-refractivity contribution in [1.82, 2.24) is 9.88 Å². The van der Waals surface area contributed by atoms with E-state index in [0.717, 1.165) is 10.7 Å². The van der Waals surface area contributed by atoms with E-state index < -0.39 is 0 Å². The number of carbonyl (C=O) groups excluding carboxylic acids is 1. The largest absolute Gasteiger partial charge is 0.352 e. The van der Waals surface area contributed by atoms with Crippen LogP contribution in [-0.2, 0) is 4.74 Å². The number of nitrogens with zero attached hydrogens (tertiary/aromatic N) is 1. The van der Waals surface area contributed by atoms with Gasteiger partial charge in [0.2, 0.25) is 0 Å². The molecule has 1 atom stereocenters. The summed E-state index contributed by atoms with van der Waals surface area (Å²) in [4.78, 5) is 12.2. The van der Waals surface area contributed by atoms with Crippen LogP contribution in [0.15, 0.2) is 29.8 Å². The van der Waals surface area contributed by atoms with E-state index in [-0.39, 0.29) is 12.1 Å². The number of hydrogen-bond donors (Lipinski definition) is 1. The maximum absolute atomic E-state index is 12.2. The molecule has 0 saturated carbocycles. The molecule has 1 aliphatic rings. The fraction of sp³-hybridized carbons (Fsp3) is 0.357. The summed E-state index contributed by atoms with van der Waals surface area (Å²) in [6, 6.07) is 5.81. The van der Waals surface area contributed by atoms with Crippen molar-refractivity contribution >= 4 is 17.2 Å². The summed E-state index contributed by atoms with van der Waals surface area (Å²) in [7, 11) is 0. The molecule has 0 aromatic carbocycles. The fourth-order valence-corrected chi connectivity index (χ4v) is 3.04. The number of ether oxygens (including phenoxy) is 1. The van der Waals surface area contributed by atoms with E-state index in [9.17, 15) is 4.79 Å². The minimum Gasteiger partial charge on any atom is -0.352 e. The molecular formula is C14H16N2O2S. The van der Waals surface area contributed by atoms with Crippen LogP contribution >= 0.6 is 11.3 Å². The van der Waals surface area contributed by atoms with Crippen LogP contribution in [0.2, 0.25) is 0 Å². The first-order valence-corrected chi connectivity index (χ1v) is 7.22. The standard InChI is InChI=1S/C14H16N2O2S/c1-9(2)8-18-13-11-4-3-6-16(11)14-10(5-7-19-14)12(17)15-13/h3-7,9,13H,8H2,1-2H3,(H,15,17). The second-order valence-corrected chi connectivity index (χ2v) is 5.92. The second kappa shape index (κ2) is 4.83. The van der Waals surface area contributed by atoms with Gasteiger partial charge in [-0.05, 0) is 29.5 Å². The third-order valence-electron chi connectivity index (χ3n) is 3.02. The van der Waals surface area contributed by atoms with Crippen molar-refractivity contribution in [3.05, 3.63) is 41.0 Å². The van der Waals surface area contributed by atoms with E-state index >= 15 is 0 Å². The lowest BCUT2D eigenvalue weighted by molar-refractivity contribution is 0.0112. The van der Waals surface area contributed by atoms with E-state index in [1.807, 2.05) is 34.3 Å². The van der Waals surface area contributed by atoms with Crippen LogP contribution < -0.4 is 5.32 Å². The Morgan fingerprint density at radius 2 is 2.32 bits per heavy atom. The average molecular weight is 276 g/mol. The van der Waals surface area contributed by atoms with Gasteiger partial charge in [0.1, 0.15) is 5.00 Å². The van der Waals surface area contributed by atoms with Crippen molar-refractivity contribution in [3.8, 4) is 5.00 Å². The molecule has 4 nitrogen and oxygen atoms in total. The normalized spacial score (nSPS) is 17.8. The number of hydrogen-bond acceptors (Lipinski definition) is 3. The lowest BCUT2D eigenvalue weighted by atomic mass is 10.2. The third-order valence-corrected chi connectivity index (χ3v) is 3.93. The first kappa shape index (κ1) is 12.4. The molecule has 1 N–H and O–H groups in total. The van der Waals surface area contributed by atoms with E-state index in [2.05, 4.69) is 19.2 Å². The number of carbonyl (C=O) groups is 1. The molecule has 5 heteroatoms. The van der Waals surface area contributed by atoms with Crippen LogP contribution in [0, 0.1) is 5.92 Å². The summed E-state index contributed by atoms with van der Waals surface area (Å²) in [5.74, 6) is 0.353. The lowest BCUT2D eigenvalue weighted by Gasteiger charge is -2.19. The van der Waals surface area contributed by atoms with Crippen LogP contribution in [0.4, 0.5) is 0 Å². The molecule has 3 rings (SSSR count). The Labute approximate surface area is 116 Å². The van der Waals surface area contributed by atoms with Crippen LogP contribution in [0.1, 0.15) is 36.1 Å². The van der Waals surface area contributed by atoms with Crippen molar-refractivity contribution in [2.45, 2.75) is 20.1 Å². The van der Waals surface area contributed by atoms with Crippen LogP contribution in [-0.4, -0.2) is 17.1 Å². The predicted molar refractivity (Wildman–Crippen MR) is 74.6 cm³/mol. The highest BCUT2D eigenvalue weighted by Gasteiger charge is 2.27. The van der Waals surface area contributed by atoms with E-state index in [4.69, 9.17) is 4.74 Å². The molecule has 0 radical (unpaired) electrons. The van der Waals surface area contributed by atoms with Crippen LogP contribution in [0.3, 0.4) is 0 Å². The molecule has 1 amide bonds. The zero-order chi connectivity index (χ0) is 13.4. The smallest absolute Gasteiger partial charge is 0.256 e. The van der Waals surface area contributed by atoms with Crippen LogP contribution in [0.5, 0.6) is 0 Å². The van der Waals surface area contributed by atoms with E-state index in [1.54, 1.807) is 11.3 Å². The molecule has 0 aliphatic carbocycles. The number of rotatable bonds is 3. The van der Waals surface area contributed by atoms with Crippen LogP contribution in [0.25, 0.3) is 5.00 Å². The Hall–Kier alpha value is -1.59. The minimum atomic E-state index is -0.385. The van der Waals surface area contributed by atoms with Gasteiger partial charge < -0.3 is 14.6 Å². The average Bonchev–Trinajstić information content (AvgIpc) is 2.99. The van der Waals surface area contributed by atoms with Gasteiger partial charge in [0.25, 0.3) is 5.91 Å². The second-order valence-electron chi connectivity index (χ2n) is 5.02. The zero-order valence-electron chi connectivity index (χ0n) is 10.9. The SMILES string of the molecule is CC(C)COC1NC(=O)c2ccsc2-n2cccc21.